The fourth-order valence-corrected chi connectivity index (χ4v) is 2.27. The van der Waals surface area contributed by atoms with Crippen molar-refractivity contribution in [3.05, 3.63) is 17.0 Å². The van der Waals surface area contributed by atoms with Crippen LogP contribution >= 0.6 is 22.9 Å². The Morgan fingerprint density at radius 2 is 2.14 bits per heavy atom. The van der Waals surface area contributed by atoms with Crippen molar-refractivity contribution in [2.24, 2.45) is 0 Å². The van der Waals surface area contributed by atoms with Crippen LogP contribution in [0.5, 0.6) is 0 Å². The van der Waals surface area contributed by atoms with Gasteiger partial charge in [0.25, 0.3) is 5.24 Å². The highest BCUT2D eigenvalue weighted by atomic mass is 35.5. The molecule has 1 rings (SSSR count). The molecule has 0 aliphatic carbocycles. The molecule has 0 saturated carbocycles. The molecule has 0 bridgehead atoms. The average Bonchev–Trinajstić information content (AvgIpc) is 2.51. The standard InChI is InChI=1S/C7H8ClNO3S2/c1-9(2,14(11)12)6-4-3-5(13-6)7(8)10/h3-4H,1-2H3. The summed E-state index contributed by atoms with van der Waals surface area (Å²) >= 11 is 4.05. The SMILES string of the molecule is C[N+](C)(c1ccc(C(=O)Cl)s1)S(=O)[O-]. The molecule has 0 aliphatic rings. The smallest absolute Gasteiger partial charge is 0.262 e. The van der Waals surface area contributed by atoms with Crippen molar-refractivity contribution in [2.75, 3.05) is 14.1 Å². The van der Waals surface area contributed by atoms with Crippen molar-refractivity contribution in [3.8, 4) is 0 Å². The molecule has 4 nitrogen and oxygen atoms in total. The molecule has 0 aliphatic heterocycles. The van der Waals surface area contributed by atoms with Gasteiger partial charge in [0.2, 0.25) is 5.00 Å². The summed E-state index contributed by atoms with van der Waals surface area (Å²) in [6.45, 7) is 0. The first-order valence-electron chi connectivity index (χ1n) is 3.60. The Bertz CT molecular complexity index is 388. The van der Waals surface area contributed by atoms with E-state index in [1.807, 2.05) is 0 Å². The number of nitrogens with zero attached hydrogens (tertiary/aromatic N) is 1. The summed E-state index contributed by atoms with van der Waals surface area (Å²) in [5.41, 5.74) is 0. The quantitative estimate of drug-likeness (QED) is 0.466. The van der Waals surface area contributed by atoms with Crippen molar-refractivity contribution < 1.29 is 13.6 Å². The molecular formula is C7H8ClNO3S2. The van der Waals surface area contributed by atoms with Crippen molar-refractivity contribution >= 4 is 44.4 Å². The van der Waals surface area contributed by atoms with Crippen LogP contribution in [0.4, 0.5) is 5.00 Å². The third kappa shape index (κ3) is 2.21. The van der Waals surface area contributed by atoms with Crippen LogP contribution in [0.1, 0.15) is 9.67 Å². The Morgan fingerprint density at radius 3 is 2.50 bits per heavy atom. The van der Waals surface area contributed by atoms with Crippen LogP contribution in [-0.4, -0.2) is 28.1 Å². The Kier molecular flexibility index (Phi) is 3.44. The van der Waals surface area contributed by atoms with Crippen molar-refractivity contribution in [1.82, 2.24) is 3.89 Å². The van der Waals surface area contributed by atoms with Gasteiger partial charge in [0, 0.05) is 6.07 Å². The molecular weight excluding hydrogens is 246 g/mol. The van der Waals surface area contributed by atoms with Crippen LogP contribution in [0.3, 0.4) is 0 Å². The van der Waals surface area contributed by atoms with Crippen LogP contribution in [0.25, 0.3) is 0 Å². The molecule has 0 N–H and O–H groups in total. The van der Waals surface area contributed by atoms with Gasteiger partial charge < -0.3 is 4.55 Å². The number of hydrogen-bond donors (Lipinski definition) is 0. The lowest BCUT2D eigenvalue weighted by Gasteiger charge is -2.27. The molecule has 0 saturated heterocycles. The Hall–Kier alpha value is -0.270. The van der Waals surface area contributed by atoms with E-state index in [1.54, 1.807) is 6.07 Å². The molecule has 1 unspecified atom stereocenters. The zero-order valence-corrected chi connectivity index (χ0v) is 9.91. The number of halogens is 1. The maximum Gasteiger partial charge on any atom is 0.262 e. The summed E-state index contributed by atoms with van der Waals surface area (Å²) in [6, 6.07) is 3.10. The van der Waals surface area contributed by atoms with Crippen molar-refractivity contribution in [2.45, 2.75) is 0 Å². The minimum absolute atomic E-state index is 0.311. The fourth-order valence-electron chi connectivity index (χ4n) is 0.796. The predicted octanol–water partition coefficient (Wildman–Crippen LogP) is 1.49. The van der Waals surface area contributed by atoms with Gasteiger partial charge in [-0.1, -0.05) is 11.3 Å². The summed E-state index contributed by atoms with van der Waals surface area (Å²) in [5.74, 6) is 0. The summed E-state index contributed by atoms with van der Waals surface area (Å²) in [4.78, 5) is 11.1. The zero-order chi connectivity index (χ0) is 10.9. The van der Waals surface area contributed by atoms with E-state index in [0.29, 0.717) is 9.88 Å². The number of carbonyl (C=O) groups excluding carboxylic acids is 1. The monoisotopic (exact) mass is 253 g/mol. The van der Waals surface area contributed by atoms with Crippen molar-refractivity contribution in [3.63, 3.8) is 0 Å². The largest absolute Gasteiger partial charge is 0.724 e. The van der Waals surface area contributed by atoms with Gasteiger partial charge in [0.1, 0.15) is 0 Å². The predicted molar refractivity (Wildman–Crippen MR) is 57.1 cm³/mol. The first kappa shape index (κ1) is 11.8. The Labute approximate surface area is 93.1 Å². The van der Waals surface area contributed by atoms with E-state index < -0.39 is 16.5 Å². The second-order valence-corrected chi connectivity index (χ2v) is 5.73. The molecule has 0 amide bonds. The lowest BCUT2D eigenvalue weighted by molar-refractivity contribution is 0.108. The lowest BCUT2D eigenvalue weighted by Crippen LogP contribution is -2.41. The Morgan fingerprint density at radius 1 is 1.57 bits per heavy atom. The normalized spacial score (nSPS) is 14.0. The number of carbonyl (C=O) groups is 1. The van der Waals surface area contributed by atoms with E-state index in [2.05, 4.69) is 0 Å². The number of rotatable bonds is 3. The maximum absolute atomic E-state index is 10.9. The molecule has 7 heteroatoms. The molecule has 0 aromatic carbocycles. The summed E-state index contributed by atoms with van der Waals surface area (Å²) < 4.78 is 21.4. The van der Waals surface area contributed by atoms with Gasteiger partial charge in [-0.25, -0.2) is 8.10 Å². The zero-order valence-electron chi connectivity index (χ0n) is 7.52. The summed E-state index contributed by atoms with van der Waals surface area (Å²) in [6.07, 6.45) is 0. The minimum atomic E-state index is -2.28. The molecule has 78 valence electrons. The van der Waals surface area contributed by atoms with Gasteiger partial charge in [0.15, 0.2) is 11.3 Å². The average molecular weight is 254 g/mol. The lowest BCUT2D eigenvalue weighted by atomic mass is 10.5. The number of quaternary nitrogens is 1. The highest BCUT2D eigenvalue weighted by molar-refractivity contribution is 7.78. The molecule has 0 spiro atoms. The van der Waals surface area contributed by atoms with Gasteiger partial charge in [-0.05, 0) is 17.7 Å². The second kappa shape index (κ2) is 4.08. The van der Waals surface area contributed by atoms with E-state index in [4.69, 9.17) is 11.6 Å². The van der Waals surface area contributed by atoms with Gasteiger partial charge in [-0.2, -0.15) is 0 Å². The van der Waals surface area contributed by atoms with Crippen LogP contribution < -0.4 is 3.89 Å². The molecule has 1 atom stereocenters. The molecule has 1 aromatic rings. The molecule has 0 fully saturated rings. The van der Waals surface area contributed by atoms with Crippen LogP contribution in [0.15, 0.2) is 12.1 Å². The van der Waals surface area contributed by atoms with E-state index in [-0.39, 0.29) is 3.89 Å². The molecule has 14 heavy (non-hydrogen) atoms. The van der Waals surface area contributed by atoms with Gasteiger partial charge in [-0.3, -0.25) is 4.79 Å². The van der Waals surface area contributed by atoms with E-state index in [0.717, 1.165) is 11.3 Å². The minimum Gasteiger partial charge on any atom is -0.724 e. The first-order chi connectivity index (χ1) is 6.35. The van der Waals surface area contributed by atoms with Crippen LogP contribution in [0, 0.1) is 0 Å². The van der Waals surface area contributed by atoms with Crippen LogP contribution in [0.2, 0.25) is 0 Å². The number of hydrogen-bond acceptors (Lipinski definition) is 4. The molecule has 1 aromatic heterocycles. The Balaban J connectivity index is 3.09. The highest BCUT2D eigenvalue weighted by Crippen LogP contribution is 2.30. The third-order valence-corrected chi connectivity index (χ3v) is 4.41. The van der Waals surface area contributed by atoms with E-state index in [9.17, 15) is 13.6 Å². The van der Waals surface area contributed by atoms with Gasteiger partial charge in [0.05, 0.1) is 19.0 Å². The van der Waals surface area contributed by atoms with Gasteiger partial charge >= 0.3 is 0 Å². The first-order valence-corrected chi connectivity index (χ1v) is 5.82. The molecule has 1 heterocycles. The number of thiophene rings is 1. The third-order valence-electron chi connectivity index (χ3n) is 1.69. The van der Waals surface area contributed by atoms with Crippen LogP contribution in [-0.2, 0) is 11.3 Å². The van der Waals surface area contributed by atoms with E-state index in [1.165, 1.54) is 20.2 Å². The molecule has 0 radical (unpaired) electrons. The highest BCUT2D eigenvalue weighted by Gasteiger charge is 2.24. The second-order valence-electron chi connectivity index (χ2n) is 2.98. The van der Waals surface area contributed by atoms with Gasteiger partial charge in [-0.15, -0.1) is 0 Å². The fraction of sp³-hybridized carbons (Fsp3) is 0.286. The topological polar surface area (TPSA) is 57.2 Å². The summed E-state index contributed by atoms with van der Waals surface area (Å²) in [5, 5.41) is -0.0275. The van der Waals surface area contributed by atoms with Crippen molar-refractivity contribution in [1.29, 1.82) is 0 Å². The maximum atomic E-state index is 10.9. The summed E-state index contributed by atoms with van der Waals surface area (Å²) in [7, 11) is 3.02. The van der Waals surface area contributed by atoms with E-state index >= 15 is 0 Å².